The molecular weight excluding hydrogens is 264 g/mol. The van der Waals surface area contributed by atoms with Crippen LogP contribution < -0.4 is 15.2 Å². The summed E-state index contributed by atoms with van der Waals surface area (Å²) in [4.78, 5) is 2.50. The monoisotopic (exact) mass is 292 g/mol. The number of ether oxygens (including phenoxy) is 2. The van der Waals surface area contributed by atoms with Gasteiger partial charge in [-0.25, -0.2) is 0 Å². The van der Waals surface area contributed by atoms with Crippen molar-refractivity contribution in [3.63, 3.8) is 0 Å². The Bertz CT molecular complexity index is 392. The summed E-state index contributed by atoms with van der Waals surface area (Å²) < 4.78 is 11.2. The van der Waals surface area contributed by atoms with Crippen LogP contribution in [0.5, 0.6) is 11.5 Å². The van der Waals surface area contributed by atoms with E-state index in [-0.39, 0.29) is 0 Å². The maximum atomic E-state index is 5.82. The van der Waals surface area contributed by atoms with Crippen molar-refractivity contribution in [1.29, 1.82) is 0 Å². The molecule has 1 saturated heterocycles. The number of likely N-dealkylation sites (tertiary alicyclic amines) is 1. The van der Waals surface area contributed by atoms with Gasteiger partial charge >= 0.3 is 0 Å². The third kappa shape index (κ3) is 5.56. The smallest absolute Gasteiger partial charge is 0.119 e. The fourth-order valence-corrected chi connectivity index (χ4v) is 2.92. The average molecular weight is 292 g/mol. The first kappa shape index (κ1) is 16.1. The van der Waals surface area contributed by atoms with Gasteiger partial charge in [0.25, 0.3) is 0 Å². The zero-order chi connectivity index (χ0) is 14.9. The minimum Gasteiger partial charge on any atom is -0.494 e. The highest BCUT2D eigenvalue weighted by atomic mass is 16.5. The molecule has 4 nitrogen and oxygen atoms in total. The summed E-state index contributed by atoms with van der Waals surface area (Å²) in [6.45, 7) is 7.58. The molecule has 1 aliphatic heterocycles. The van der Waals surface area contributed by atoms with E-state index in [0.717, 1.165) is 43.5 Å². The minimum absolute atomic E-state index is 0.694. The third-order valence-corrected chi connectivity index (χ3v) is 3.99. The van der Waals surface area contributed by atoms with Crippen LogP contribution in [0.2, 0.25) is 0 Å². The van der Waals surface area contributed by atoms with Gasteiger partial charge in [0.2, 0.25) is 0 Å². The second kappa shape index (κ2) is 8.90. The SMILES string of the molecule is CCOc1ccc(OCCN2CCCC(CCN)C2)cc1. The number of hydrogen-bond acceptors (Lipinski definition) is 4. The van der Waals surface area contributed by atoms with E-state index < -0.39 is 0 Å². The standard InChI is InChI=1S/C17H28N2O2/c1-2-20-16-5-7-17(8-6-16)21-13-12-19-11-3-4-15(14-19)9-10-18/h5-8,15H,2-4,9-14,18H2,1H3. The molecule has 1 fully saturated rings. The van der Waals surface area contributed by atoms with Crippen molar-refractivity contribution in [3.8, 4) is 11.5 Å². The number of nitrogens with zero attached hydrogens (tertiary/aromatic N) is 1. The van der Waals surface area contributed by atoms with Crippen LogP contribution in [-0.2, 0) is 0 Å². The van der Waals surface area contributed by atoms with E-state index in [2.05, 4.69) is 4.90 Å². The van der Waals surface area contributed by atoms with Crippen molar-refractivity contribution in [2.24, 2.45) is 11.7 Å². The summed E-state index contributed by atoms with van der Waals surface area (Å²) >= 11 is 0. The Morgan fingerprint density at radius 2 is 1.90 bits per heavy atom. The molecule has 1 aromatic carbocycles. The van der Waals surface area contributed by atoms with Gasteiger partial charge in [-0.2, -0.15) is 0 Å². The molecule has 21 heavy (non-hydrogen) atoms. The lowest BCUT2D eigenvalue weighted by atomic mass is 9.95. The third-order valence-electron chi connectivity index (χ3n) is 3.99. The van der Waals surface area contributed by atoms with Crippen molar-refractivity contribution in [2.45, 2.75) is 26.2 Å². The Balaban J connectivity index is 1.68. The van der Waals surface area contributed by atoms with Crippen molar-refractivity contribution in [1.82, 2.24) is 4.90 Å². The summed E-state index contributed by atoms with van der Waals surface area (Å²) in [5, 5.41) is 0. The molecule has 1 unspecified atom stereocenters. The topological polar surface area (TPSA) is 47.7 Å². The molecule has 1 aromatic rings. The molecule has 0 spiro atoms. The van der Waals surface area contributed by atoms with E-state index in [1.807, 2.05) is 31.2 Å². The molecule has 1 heterocycles. The van der Waals surface area contributed by atoms with Gasteiger partial charge in [0.1, 0.15) is 18.1 Å². The number of piperidine rings is 1. The Kier molecular flexibility index (Phi) is 6.83. The van der Waals surface area contributed by atoms with Crippen LogP contribution >= 0.6 is 0 Å². The number of rotatable bonds is 8. The van der Waals surface area contributed by atoms with Crippen LogP contribution in [0.3, 0.4) is 0 Å². The molecule has 0 aromatic heterocycles. The Hall–Kier alpha value is -1.26. The van der Waals surface area contributed by atoms with Crippen molar-refractivity contribution >= 4 is 0 Å². The molecule has 0 saturated carbocycles. The fraction of sp³-hybridized carbons (Fsp3) is 0.647. The van der Waals surface area contributed by atoms with Crippen LogP contribution in [0.15, 0.2) is 24.3 Å². The first-order chi connectivity index (χ1) is 10.3. The van der Waals surface area contributed by atoms with Gasteiger partial charge in [-0.1, -0.05) is 0 Å². The van der Waals surface area contributed by atoms with Gasteiger partial charge in [-0.05, 0) is 69.5 Å². The summed E-state index contributed by atoms with van der Waals surface area (Å²) in [6, 6.07) is 7.85. The highest BCUT2D eigenvalue weighted by molar-refractivity contribution is 5.31. The lowest BCUT2D eigenvalue weighted by molar-refractivity contribution is 0.144. The highest BCUT2D eigenvalue weighted by Gasteiger charge is 2.18. The molecular formula is C17H28N2O2. The first-order valence-corrected chi connectivity index (χ1v) is 8.10. The fourth-order valence-electron chi connectivity index (χ4n) is 2.92. The molecule has 0 amide bonds. The van der Waals surface area contributed by atoms with Crippen LogP contribution in [-0.4, -0.2) is 44.3 Å². The summed E-state index contributed by atoms with van der Waals surface area (Å²) in [5.41, 5.74) is 5.66. The average Bonchev–Trinajstić information content (AvgIpc) is 2.50. The van der Waals surface area contributed by atoms with Gasteiger partial charge < -0.3 is 15.2 Å². The zero-order valence-corrected chi connectivity index (χ0v) is 13.1. The maximum Gasteiger partial charge on any atom is 0.119 e. The first-order valence-electron chi connectivity index (χ1n) is 8.10. The highest BCUT2D eigenvalue weighted by Crippen LogP contribution is 2.20. The normalized spacial score (nSPS) is 19.4. The van der Waals surface area contributed by atoms with Crippen molar-refractivity contribution in [2.75, 3.05) is 39.4 Å². The summed E-state index contributed by atoms with van der Waals surface area (Å²) in [6.07, 6.45) is 3.76. The van der Waals surface area contributed by atoms with Crippen molar-refractivity contribution in [3.05, 3.63) is 24.3 Å². The zero-order valence-electron chi connectivity index (χ0n) is 13.1. The second-order valence-electron chi connectivity index (χ2n) is 5.64. The van der Waals surface area contributed by atoms with Crippen LogP contribution in [0.25, 0.3) is 0 Å². The molecule has 4 heteroatoms. The molecule has 2 N–H and O–H groups in total. The Morgan fingerprint density at radius 3 is 2.57 bits per heavy atom. The molecule has 118 valence electrons. The lowest BCUT2D eigenvalue weighted by Gasteiger charge is -2.32. The lowest BCUT2D eigenvalue weighted by Crippen LogP contribution is -2.38. The maximum absolute atomic E-state index is 5.82. The van der Waals surface area contributed by atoms with E-state index in [1.54, 1.807) is 0 Å². The number of benzene rings is 1. The number of nitrogens with two attached hydrogens (primary N) is 1. The van der Waals surface area contributed by atoms with Gasteiger partial charge in [-0.3, -0.25) is 4.90 Å². The Labute approximate surface area is 128 Å². The minimum atomic E-state index is 0.694. The predicted octanol–water partition coefficient (Wildman–Crippen LogP) is 2.52. The summed E-state index contributed by atoms with van der Waals surface area (Å²) in [5.74, 6) is 2.58. The van der Waals surface area contributed by atoms with Crippen molar-refractivity contribution < 1.29 is 9.47 Å². The predicted molar refractivity (Wildman–Crippen MR) is 85.9 cm³/mol. The molecule has 0 aliphatic carbocycles. The number of hydrogen-bond donors (Lipinski definition) is 1. The van der Waals surface area contributed by atoms with E-state index >= 15 is 0 Å². The molecule has 2 rings (SSSR count). The largest absolute Gasteiger partial charge is 0.494 e. The van der Waals surface area contributed by atoms with Crippen LogP contribution in [0, 0.1) is 5.92 Å². The summed E-state index contributed by atoms with van der Waals surface area (Å²) in [7, 11) is 0. The van der Waals surface area contributed by atoms with E-state index in [4.69, 9.17) is 15.2 Å². The molecule has 1 aliphatic rings. The molecule has 0 bridgehead atoms. The Morgan fingerprint density at radius 1 is 1.19 bits per heavy atom. The van der Waals surface area contributed by atoms with E-state index in [1.165, 1.54) is 25.9 Å². The van der Waals surface area contributed by atoms with Gasteiger partial charge in [0, 0.05) is 13.1 Å². The molecule has 1 atom stereocenters. The quantitative estimate of drug-likeness (QED) is 0.800. The van der Waals surface area contributed by atoms with E-state index in [0.29, 0.717) is 6.61 Å². The molecule has 0 radical (unpaired) electrons. The van der Waals surface area contributed by atoms with Gasteiger partial charge in [-0.15, -0.1) is 0 Å². The second-order valence-corrected chi connectivity index (χ2v) is 5.64. The van der Waals surface area contributed by atoms with E-state index in [9.17, 15) is 0 Å². The van der Waals surface area contributed by atoms with Crippen LogP contribution in [0.4, 0.5) is 0 Å². The van der Waals surface area contributed by atoms with Gasteiger partial charge in [0.05, 0.1) is 6.61 Å². The van der Waals surface area contributed by atoms with Gasteiger partial charge in [0.15, 0.2) is 0 Å². The van der Waals surface area contributed by atoms with Crippen LogP contribution in [0.1, 0.15) is 26.2 Å².